The Morgan fingerprint density at radius 1 is 1.12 bits per heavy atom. The van der Waals surface area contributed by atoms with E-state index >= 15 is 0 Å². The van der Waals surface area contributed by atoms with Crippen molar-refractivity contribution in [2.75, 3.05) is 11.5 Å². The number of aromatic nitrogens is 2. The molecule has 0 aliphatic rings. The summed E-state index contributed by atoms with van der Waals surface area (Å²) in [5, 5.41) is 0. The van der Waals surface area contributed by atoms with Crippen LogP contribution in [-0.2, 0) is 0 Å². The fourth-order valence-electron chi connectivity index (χ4n) is 2.08. The second-order valence-corrected chi connectivity index (χ2v) is 7.05. The first-order valence-corrected chi connectivity index (χ1v) is 8.95. The summed E-state index contributed by atoms with van der Waals surface area (Å²) in [6.45, 7) is 8.36. The van der Waals surface area contributed by atoms with Crippen LogP contribution in [0.4, 0.5) is 11.8 Å². The van der Waals surface area contributed by atoms with E-state index in [1.165, 1.54) is 6.20 Å². The molecule has 1 aromatic carbocycles. The molecule has 1 aromatic heterocycles. The lowest BCUT2D eigenvalue weighted by molar-refractivity contribution is 0.215. The van der Waals surface area contributed by atoms with Gasteiger partial charge in [-0.3, -0.25) is 0 Å². The summed E-state index contributed by atoms with van der Waals surface area (Å²) in [5.74, 6) is 2.56. The van der Waals surface area contributed by atoms with Crippen LogP contribution in [0.15, 0.2) is 18.3 Å². The van der Waals surface area contributed by atoms with Gasteiger partial charge in [-0.15, -0.1) is 0 Å². The first-order chi connectivity index (χ1) is 11.3. The van der Waals surface area contributed by atoms with Gasteiger partial charge in [0.2, 0.25) is 5.95 Å². The van der Waals surface area contributed by atoms with Gasteiger partial charge in [-0.2, -0.15) is 4.98 Å². The molecule has 130 valence electrons. The summed E-state index contributed by atoms with van der Waals surface area (Å²) in [4.78, 5) is 7.86. The van der Waals surface area contributed by atoms with Crippen LogP contribution in [-0.4, -0.2) is 16.1 Å². The van der Waals surface area contributed by atoms with Crippen molar-refractivity contribution in [2.45, 2.75) is 46.1 Å². The monoisotopic (exact) mass is 442 g/mol. The van der Waals surface area contributed by atoms with Crippen LogP contribution in [0.25, 0.3) is 0 Å². The molecule has 2 rings (SSSR count). The summed E-state index contributed by atoms with van der Waals surface area (Å²) >= 11 is 2.24. The van der Waals surface area contributed by atoms with Crippen molar-refractivity contribution in [1.82, 2.24) is 9.97 Å². The number of nitrogen functional groups attached to an aromatic ring is 2. The topological polar surface area (TPSA) is 96.3 Å². The fraction of sp³-hybridized carbons (Fsp3) is 0.412. The molecule has 2 aromatic rings. The number of anilines is 2. The van der Waals surface area contributed by atoms with Crippen molar-refractivity contribution < 1.29 is 9.47 Å². The van der Waals surface area contributed by atoms with Crippen molar-refractivity contribution >= 4 is 34.4 Å². The number of hydrogen-bond donors (Lipinski definition) is 2. The molecule has 1 heterocycles. The van der Waals surface area contributed by atoms with E-state index in [9.17, 15) is 0 Å². The number of benzene rings is 1. The predicted molar refractivity (Wildman–Crippen MR) is 105 cm³/mol. The molecular formula is C17H23IN4O2. The molecule has 6 nitrogen and oxygen atoms in total. The number of rotatable bonds is 6. The molecule has 0 radical (unpaired) electrons. The zero-order valence-corrected chi connectivity index (χ0v) is 16.5. The summed E-state index contributed by atoms with van der Waals surface area (Å²) in [7, 11) is 0. The number of hydrogen-bond acceptors (Lipinski definition) is 6. The lowest BCUT2D eigenvalue weighted by atomic mass is 10.0. The molecule has 0 saturated carbocycles. The molecule has 0 aliphatic heterocycles. The van der Waals surface area contributed by atoms with Gasteiger partial charge in [0.25, 0.3) is 0 Å². The molecule has 7 heteroatoms. The van der Waals surface area contributed by atoms with Gasteiger partial charge in [-0.05, 0) is 54.0 Å². The van der Waals surface area contributed by atoms with Gasteiger partial charge in [-0.1, -0.05) is 20.8 Å². The number of halogens is 1. The van der Waals surface area contributed by atoms with Crippen LogP contribution in [0.2, 0.25) is 0 Å². The van der Waals surface area contributed by atoms with E-state index < -0.39 is 0 Å². The lowest BCUT2D eigenvalue weighted by Crippen LogP contribution is -2.11. The van der Waals surface area contributed by atoms with Crippen molar-refractivity contribution in [2.24, 2.45) is 0 Å². The predicted octanol–water partition coefficient (Wildman–Crippen LogP) is 4.34. The van der Waals surface area contributed by atoms with E-state index in [2.05, 4.69) is 60.3 Å². The number of nitrogens with two attached hydrogens (primary N) is 2. The second-order valence-electron chi connectivity index (χ2n) is 5.89. The Balaban J connectivity index is 2.40. The fourth-order valence-corrected chi connectivity index (χ4v) is 2.64. The van der Waals surface area contributed by atoms with Crippen LogP contribution in [0.3, 0.4) is 0 Å². The van der Waals surface area contributed by atoms with Crippen molar-refractivity contribution in [3.8, 4) is 17.2 Å². The third-order valence-corrected chi connectivity index (χ3v) is 4.45. The molecule has 0 fully saturated rings. The highest BCUT2D eigenvalue weighted by Crippen LogP contribution is 2.38. The van der Waals surface area contributed by atoms with E-state index in [4.69, 9.17) is 20.9 Å². The Hall–Kier alpha value is -1.77. The highest BCUT2D eigenvalue weighted by Gasteiger charge is 2.17. The van der Waals surface area contributed by atoms with Gasteiger partial charge in [0.15, 0.2) is 11.6 Å². The molecule has 0 saturated heterocycles. The summed E-state index contributed by atoms with van der Waals surface area (Å²) in [5.41, 5.74) is 12.4. The summed E-state index contributed by atoms with van der Waals surface area (Å²) in [6, 6.07) is 3.98. The van der Waals surface area contributed by atoms with Crippen LogP contribution in [0.1, 0.15) is 45.6 Å². The second kappa shape index (κ2) is 7.87. The maximum absolute atomic E-state index is 6.00. The maximum atomic E-state index is 6.00. The summed E-state index contributed by atoms with van der Waals surface area (Å²) in [6.07, 6.45) is 2.59. The minimum absolute atomic E-state index is 0.121. The lowest BCUT2D eigenvalue weighted by Gasteiger charge is -2.19. The molecule has 24 heavy (non-hydrogen) atoms. The highest BCUT2D eigenvalue weighted by molar-refractivity contribution is 14.1. The Labute approximate surface area is 156 Å². The average Bonchev–Trinajstić information content (AvgIpc) is 2.52. The first-order valence-electron chi connectivity index (χ1n) is 7.87. The Morgan fingerprint density at radius 3 is 2.42 bits per heavy atom. The van der Waals surface area contributed by atoms with Gasteiger partial charge in [-0.25, -0.2) is 4.98 Å². The van der Waals surface area contributed by atoms with Crippen molar-refractivity contribution in [3.63, 3.8) is 0 Å². The zero-order valence-electron chi connectivity index (χ0n) is 14.3. The number of ether oxygens (including phenoxy) is 2. The van der Waals surface area contributed by atoms with Crippen LogP contribution in [0.5, 0.6) is 17.2 Å². The van der Waals surface area contributed by atoms with Crippen molar-refractivity contribution in [3.05, 3.63) is 27.5 Å². The first kappa shape index (κ1) is 18.6. The van der Waals surface area contributed by atoms with E-state index in [0.717, 1.165) is 21.3 Å². The molecule has 4 N–H and O–H groups in total. The summed E-state index contributed by atoms with van der Waals surface area (Å²) < 4.78 is 12.9. The Bertz CT molecular complexity index is 722. The number of nitrogens with zero attached hydrogens (tertiary/aromatic N) is 2. The quantitative estimate of drug-likeness (QED) is 0.647. The van der Waals surface area contributed by atoms with E-state index in [1.54, 1.807) is 0 Å². The molecular weight excluding hydrogens is 419 g/mol. The normalized spacial score (nSPS) is 12.2. The Kier molecular flexibility index (Phi) is 6.09. The van der Waals surface area contributed by atoms with E-state index in [1.807, 2.05) is 12.1 Å². The highest BCUT2D eigenvalue weighted by atomic mass is 127. The van der Waals surface area contributed by atoms with Gasteiger partial charge in [0.1, 0.15) is 11.5 Å². The van der Waals surface area contributed by atoms with Gasteiger partial charge >= 0.3 is 0 Å². The maximum Gasteiger partial charge on any atom is 0.222 e. The molecule has 0 amide bonds. The molecule has 0 spiro atoms. The standard InChI is InChI=1S/C17H23IN4O2/c1-5-10(4)23-14-6-11(9(2)3)13(7-12(14)18)24-15-8-21-17(20)22-16(15)19/h6-10H,5H2,1-4H3,(H4,19,20,21,22). The van der Waals surface area contributed by atoms with Crippen LogP contribution < -0.4 is 20.9 Å². The van der Waals surface area contributed by atoms with Crippen LogP contribution in [0, 0.1) is 3.57 Å². The zero-order chi connectivity index (χ0) is 17.9. The molecule has 0 aliphatic carbocycles. The van der Waals surface area contributed by atoms with Gasteiger partial charge in [0.05, 0.1) is 15.9 Å². The smallest absolute Gasteiger partial charge is 0.222 e. The van der Waals surface area contributed by atoms with E-state index in [0.29, 0.717) is 11.5 Å². The van der Waals surface area contributed by atoms with Gasteiger partial charge < -0.3 is 20.9 Å². The third-order valence-electron chi connectivity index (χ3n) is 3.61. The van der Waals surface area contributed by atoms with Gasteiger partial charge in [0, 0.05) is 5.56 Å². The molecule has 1 atom stereocenters. The molecule has 1 unspecified atom stereocenters. The average molecular weight is 442 g/mol. The van der Waals surface area contributed by atoms with E-state index in [-0.39, 0.29) is 23.8 Å². The SMILES string of the molecule is CCC(C)Oc1cc(C(C)C)c(Oc2cnc(N)nc2N)cc1I. The largest absolute Gasteiger partial charge is 0.490 e. The Morgan fingerprint density at radius 2 is 1.83 bits per heavy atom. The minimum atomic E-state index is 0.121. The third kappa shape index (κ3) is 4.40. The minimum Gasteiger partial charge on any atom is -0.490 e. The van der Waals surface area contributed by atoms with Crippen molar-refractivity contribution in [1.29, 1.82) is 0 Å². The van der Waals surface area contributed by atoms with Crippen LogP contribution >= 0.6 is 22.6 Å². The molecule has 0 bridgehead atoms.